The lowest BCUT2D eigenvalue weighted by atomic mass is 10.2. The van der Waals surface area contributed by atoms with Crippen LogP contribution in [0, 0.1) is 12.7 Å². The molecule has 3 aromatic rings. The van der Waals surface area contributed by atoms with Crippen molar-refractivity contribution in [3.05, 3.63) is 64.1 Å². The number of ether oxygens (including phenoxy) is 1. The maximum atomic E-state index is 13.9. The minimum absolute atomic E-state index is 0.0749. The highest BCUT2D eigenvalue weighted by Gasteiger charge is 2.21. The zero-order valence-electron chi connectivity index (χ0n) is 13.5. The summed E-state index contributed by atoms with van der Waals surface area (Å²) in [5.41, 5.74) is 1.56. The van der Waals surface area contributed by atoms with Crippen LogP contribution in [0.4, 0.5) is 4.39 Å². The molecule has 0 atom stereocenters. The van der Waals surface area contributed by atoms with E-state index in [1.54, 1.807) is 55.0 Å². The van der Waals surface area contributed by atoms with Crippen molar-refractivity contribution < 1.29 is 19.0 Å². The van der Waals surface area contributed by atoms with Gasteiger partial charge in [-0.3, -0.25) is 4.57 Å². The van der Waals surface area contributed by atoms with Crippen molar-refractivity contribution in [2.75, 3.05) is 7.11 Å². The number of aromatic carboxylic acids is 1. The summed E-state index contributed by atoms with van der Waals surface area (Å²) in [6, 6.07) is 11.7. The zero-order chi connectivity index (χ0) is 18.1. The lowest BCUT2D eigenvalue weighted by molar-refractivity contribution is 0.0690. The molecular formula is C18H14BrFN2O3. The molecule has 0 spiro atoms. The number of aromatic nitrogens is 2. The van der Waals surface area contributed by atoms with Gasteiger partial charge in [-0.15, -0.1) is 0 Å². The molecule has 0 saturated heterocycles. The molecule has 7 heteroatoms. The van der Waals surface area contributed by atoms with Gasteiger partial charge in [0.2, 0.25) is 0 Å². The van der Waals surface area contributed by atoms with E-state index in [-0.39, 0.29) is 5.69 Å². The monoisotopic (exact) mass is 404 g/mol. The van der Waals surface area contributed by atoms with Crippen molar-refractivity contribution in [1.82, 2.24) is 9.55 Å². The van der Waals surface area contributed by atoms with Gasteiger partial charge in [-0.25, -0.2) is 14.2 Å². The molecule has 0 amide bonds. The van der Waals surface area contributed by atoms with Gasteiger partial charge in [0, 0.05) is 11.3 Å². The summed E-state index contributed by atoms with van der Waals surface area (Å²) in [5, 5.41) is 9.40. The number of hydrogen-bond donors (Lipinski definition) is 1. The van der Waals surface area contributed by atoms with Crippen molar-refractivity contribution in [2.24, 2.45) is 0 Å². The van der Waals surface area contributed by atoms with E-state index >= 15 is 0 Å². The van der Waals surface area contributed by atoms with E-state index < -0.39 is 11.8 Å². The number of benzene rings is 2. The number of methoxy groups -OCH3 is 1. The number of halogens is 2. The minimum Gasteiger partial charge on any atom is -0.497 e. The third-order valence-electron chi connectivity index (χ3n) is 3.82. The lowest BCUT2D eigenvalue weighted by Gasteiger charge is -2.11. The van der Waals surface area contributed by atoms with Crippen molar-refractivity contribution in [3.8, 4) is 22.8 Å². The molecule has 0 aliphatic carbocycles. The molecule has 0 saturated carbocycles. The van der Waals surface area contributed by atoms with Crippen molar-refractivity contribution in [2.45, 2.75) is 6.92 Å². The van der Waals surface area contributed by atoms with Crippen LogP contribution in [0.5, 0.6) is 5.75 Å². The highest BCUT2D eigenvalue weighted by atomic mass is 79.9. The lowest BCUT2D eigenvalue weighted by Crippen LogP contribution is -2.02. The molecule has 0 unspecified atom stereocenters. The third-order valence-corrected chi connectivity index (χ3v) is 4.46. The number of imidazole rings is 1. The molecule has 128 valence electrons. The van der Waals surface area contributed by atoms with Crippen LogP contribution in [0.25, 0.3) is 17.1 Å². The van der Waals surface area contributed by atoms with E-state index in [0.29, 0.717) is 33.0 Å². The molecule has 1 heterocycles. The topological polar surface area (TPSA) is 64.4 Å². The van der Waals surface area contributed by atoms with E-state index in [4.69, 9.17) is 4.74 Å². The summed E-state index contributed by atoms with van der Waals surface area (Å²) in [7, 11) is 1.57. The van der Waals surface area contributed by atoms with E-state index in [1.807, 2.05) is 0 Å². The Morgan fingerprint density at radius 1 is 1.24 bits per heavy atom. The smallest absolute Gasteiger partial charge is 0.356 e. The van der Waals surface area contributed by atoms with Gasteiger partial charge in [-0.05, 0) is 65.3 Å². The quantitative estimate of drug-likeness (QED) is 0.697. The first kappa shape index (κ1) is 17.2. The largest absolute Gasteiger partial charge is 0.497 e. The molecule has 2 aromatic carbocycles. The van der Waals surface area contributed by atoms with E-state index in [9.17, 15) is 14.3 Å². The molecule has 3 rings (SSSR count). The molecule has 5 nitrogen and oxygen atoms in total. The van der Waals surface area contributed by atoms with Crippen LogP contribution >= 0.6 is 15.9 Å². The molecular weight excluding hydrogens is 391 g/mol. The Morgan fingerprint density at radius 3 is 2.48 bits per heavy atom. The normalized spacial score (nSPS) is 10.7. The highest BCUT2D eigenvalue weighted by molar-refractivity contribution is 9.10. The van der Waals surface area contributed by atoms with Gasteiger partial charge in [0.1, 0.15) is 17.4 Å². The first-order valence-electron chi connectivity index (χ1n) is 7.35. The first-order chi connectivity index (χ1) is 11.9. The highest BCUT2D eigenvalue weighted by Crippen LogP contribution is 2.29. The van der Waals surface area contributed by atoms with E-state index in [1.165, 1.54) is 6.07 Å². The molecule has 0 fully saturated rings. The van der Waals surface area contributed by atoms with Gasteiger partial charge in [0.25, 0.3) is 0 Å². The van der Waals surface area contributed by atoms with Crippen LogP contribution < -0.4 is 4.74 Å². The van der Waals surface area contributed by atoms with Crippen LogP contribution in [0.2, 0.25) is 0 Å². The Hall–Kier alpha value is -2.67. The van der Waals surface area contributed by atoms with Gasteiger partial charge in [0.15, 0.2) is 5.69 Å². The summed E-state index contributed by atoms with van der Waals surface area (Å²) in [6.45, 7) is 1.67. The van der Waals surface area contributed by atoms with Crippen molar-refractivity contribution >= 4 is 21.9 Å². The maximum absolute atomic E-state index is 13.9. The van der Waals surface area contributed by atoms with Crippen molar-refractivity contribution in [1.29, 1.82) is 0 Å². The predicted molar refractivity (Wildman–Crippen MR) is 94.9 cm³/mol. The van der Waals surface area contributed by atoms with E-state index in [2.05, 4.69) is 20.9 Å². The molecule has 0 aliphatic rings. The van der Waals surface area contributed by atoms with Gasteiger partial charge in [-0.1, -0.05) is 0 Å². The average molecular weight is 405 g/mol. The second kappa shape index (κ2) is 6.68. The third kappa shape index (κ3) is 3.15. The number of rotatable bonds is 4. The summed E-state index contributed by atoms with van der Waals surface area (Å²) in [4.78, 5) is 15.7. The van der Waals surface area contributed by atoms with Crippen LogP contribution in [0.1, 0.15) is 16.2 Å². The van der Waals surface area contributed by atoms with Crippen LogP contribution in [0.3, 0.4) is 0 Å². The molecule has 25 heavy (non-hydrogen) atoms. The van der Waals surface area contributed by atoms with Crippen LogP contribution in [0.15, 0.2) is 46.9 Å². The average Bonchev–Trinajstić information content (AvgIpc) is 2.95. The maximum Gasteiger partial charge on any atom is 0.356 e. The number of carboxylic acids is 1. The summed E-state index contributed by atoms with van der Waals surface area (Å²) < 4.78 is 21.1. The van der Waals surface area contributed by atoms with Gasteiger partial charge >= 0.3 is 5.97 Å². The fourth-order valence-corrected chi connectivity index (χ4v) is 2.83. The molecule has 0 bridgehead atoms. The SMILES string of the molecule is COc1ccc(-n2c(-c3ccc(Br)c(F)c3)nc(C(=O)O)c2C)cc1. The van der Waals surface area contributed by atoms with Crippen LogP contribution in [-0.2, 0) is 0 Å². The Kier molecular flexibility index (Phi) is 4.59. The molecule has 0 radical (unpaired) electrons. The fraction of sp³-hybridized carbons (Fsp3) is 0.111. The van der Waals surface area contributed by atoms with Crippen LogP contribution in [-0.4, -0.2) is 27.7 Å². The van der Waals surface area contributed by atoms with Gasteiger partial charge in [0.05, 0.1) is 17.3 Å². The summed E-state index contributed by atoms with van der Waals surface area (Å²) >= 11 is 3.11. The van der Waals surface area contributed by atoms with E-state index in [0.717, 1.165) is 0 Å². The molecule has 0 aliphatic heterocycles. The van der Waals surface area contributed by atoms with Crippen molar-refractivity contribution in [3.63, 3.8) is 0 Å². The van der Waals surface area contributed by atoms with Gasteiger partial charge < -0.3 is 9.84 Å². The number of hydrogen-bond acceptors (Lipinski definition) is 3. The molecule has 1 N–H and O–H groups in total. The Balaban J connectivity index is 2.24. The summed E-state index contributed by atoms with van der Waals surface area (Å²) in [6.07, 6.45) is 0. The standard InChI is InChI=1S/C18H14BrFN2O3/c1-10-16(18(23)24)21-17(11-3-8-14(19)15(20)9-11)22(10)12-4-6-13(25-2)7-5-12/h3-9H,1-2H3,(H,23,24). The summed E-state index contributed by atoms with van der Waals surface area (Å²) in [5.74, 6) is -0.553. The fourth-order valence-electron chi connectivity index (χ4n) is 2.58. The zero-order valence-corrected chi connectivity index (χ0v) is 15.0. The second-order valence-corrected chi connectivity index (χ2v) is 6.19. The number of carbonyl (C=O) groups is 1. The first-order valence-corrected chi connectivity index (χ1v) is 8.14. The van der Waals surface area contributed by atoms with Gasteiger partial charge in [-0.2, -0.15) is 0 Å². The second-order valence-electron chi connectivity index (χ2n) is 5.34. The minimum atomic E-state index is -1.14. The Labute approximate surface area is 151 Å². The predicted octanol–water partition coefficient (Wildman–Crippen LogP) is 4.46. The molecule has 1 aromatic heterocycles. The number of carboxylic acid groups (broad SMARTS) is 1. The number of nitrogens with zero attached hydrogens (tertiary/aromatic N) is 2. The Bertz CT molecular complexity index is 952. The Morgan fingerprint density at radius 2 is 1.92 bits per heavy atom.